The van der Waals surface area contributed by atoms with Gasteiger partial charge in [0, 0.05) is 19.2 Å². The molecular formula is C28H37N5O4. The average molecular weight is 508 g/mol. The van der Waals surface area contributed by atoms with E-state index in [0.717, 1.165) is 22.3 Å². The Morgan fingerprint density at radius 2 is 1.57 bits per heavy atom. The SMILES string of the molecule is CNC(=N)c1ccc(CNC(=O)[C@H](C)NC(=O)[C@H](NC(=O)OC(C)(C)C)C2Cc3ccccc3C2)cc1. The van der Waals surface area contributed by atoms with Crippen molar-refractivity contribution in [1.82, 2.24) is 21.3 Å². The highest BCUT2D eigenvalue weighted by Gasteiger charge is 2.36. The van der Waals surface area contributed by atoms with Crippen molar-refractivity contribution in [3.63, 3.8) is 0 Å². The maximum atomic E-state index is 13.3. The highest BCUT2D eigenvalue weighted by molar-refractivity contribution is 5.96. The summed E-state index contributed by atoms with van der Waals surface area (Å²) in [5.74, 6) is -0.616. The molecule has 0 saturated carbocycles. The van der Waals surface area contributed by atoms with Gasteiger partial charge in [-0.25, -0.2) is 4.79 Å². The average Bonchev–Trinajstić information content (AvgIpc) is 3.28. The number of carbonyl (C=O) groups excluding carboxylic acids is 3. The molecule has 0 spiro atoms. The second-order valence-corrected chi connectivity index (χ2v) is 10.3. The van der Waals surface area contributed by atoms with E-state index in [-0.39, 0.29) is 18.4 Å². The summed E-state index contributed by atoms with van der Waals surface area (Å²) in [5.41, 5.74) is 3.21. The Hall–Kier alpha value is -3.88. The number of carbonyl (C=O) groups is 3. The molecule has 0 aliphatic heterocycles. The lowest BCUT2D eigenvalue weighted by molar-refractivity contribution is -0.130. The van der Waals surface area contributed by atoms with Crippen molar-refractivity contribution < 1.29 is 19.1 Å². The summed E-state index contributed by atoms with van der Waals surface area (Å²) in [6.07, 6.45) is 0.618. The van der Waals surface area contributed by atoms with Gasteiger partial charge >= 0.3 is 6.09 Å². The number of rotatable bonds is 8. The molecular weight excluding hydrogens is 470 g/mol. The summed E-state index contributed by atoms with van der Waals surface area (Å²) in [7, 11) is 1.69. The molecule has 0 heterocycles. The fourth-order valence-electron chi connectivity index (χ4n) is 4.31. The Kier molecular flexibility index (Phi) is 8.91. The van der Waals surface area contributed by atoms with Gasteiger partial charge in [-0.2, -0.15) is 0 Å². The first-order valence-electron chi connectivity index (χ1n) is 12.5. The second-order valence-electron chi connectivity index (χ2n) is 10.3. The zero-order valence-electron chi connectivity index (χ0n) is 22.1. The summed E-state index contributed by atoms with van der Waals surface area (Å²) >= 11 is 0. The molecule has 5 N–H and O–H groups in total. The van der Waals surface area contributed by atoms with Gasteiger partial charge in [0.25, 0.3) is 0 Å². The summed E-state index contributed by atoms with van der Waals surface area (Å²) in [6.45, 7) is 7.18. The maximum absolute atomic E-state index is 13.3. The monoisotopic (exact) mass is 507 g/mol. The molecule has 1 aliphatic rings. The van der Waals surface area contributed by atoms with E-state index in [9.17, 15) is 14.4 Å². The minimum atomic E-state index is -0.854. The van der Waals surface area contributed by atoms with Crippen molar-refractivity contribution >= 4 is 23.7 Å². The first-order chi connectivity index (χ1) is 17.5. The molecule has 0 unspecified atom stereocenters. The topological polar surface area (TPSA) is 132 Å². The third-order valence-corrected chi connectivity index (χ3v) is 6.22. The Balaban J connectivity index is 1.62. The third kappa shape index (κ3) is 7.80. The number of benzene rings is 2. The van der Waals surface area contributed by atoms with E-state index in [0.29, 0.717) is 18.7 Å². The molecule has 0 radical (unpaired) electrons. The van der Waals surface area contributed by atoms with E-state index < -0.39 is 29.7 Å². The van der Waals surface area contributed by atoms with Crippen LogP contribution in [0.25, 0.3) is 0 Å². The summed E-state index contributed by atoms with van der Waals surface area (Å²) in [5, 5.41) is 18.9. The number of hydrogen-bond acceptors (Lipinski definition) is 5. The molecule has 37 heavy (non-hydrogen) atoms. The van der Waals surface area contributed by atoms with E-state index in [1.54, 1.807) is 46.9 Å². The number of nitrogens with one attached hydrogen (secondary N) is 5. The minimum absolute atomic E-state index is 0.157. The molecule has 1 aliphatic carbocycles. The van der Waals surface area contributed by atoms with Gasteiger partial charge in [0.1, 0.15) is 23.5 Å². The molecule has 0 bridgehead atoms. The second kappa shape index (κ2) is 11.9. The van der Waals surface area contributed by atoms with Crippen LogP contribution in [-0.2, 0) is 33.7 Å². The van der Waals surface area contributed by atoms with Crippen molar-refractivity contribution in [1.29, 1.82) is 5.41 Å². The van der Waals surface area contributed by atoms with Gasteiger partial charge in [-0.05, 0) is 63.1 Å². The van der Waals surface area contributed by atoms with Crippen LogP contribution in [0.3, 0.4) is 0 Å². The van der Waals surface area contributed by atoms with Crippen LogP contribution in [0, 0.1) is 11.3 Å². The van der Waals surface area contributed by atoms with Gasteiger partial charge in [-0.3, -0.25) is 15.0 Å². The van der Waals surface area contributed by atoms with Crippen LogP contribution in [0.2, 0.25) is 0 Å². The molecule has 198 valence electrons. The number of alkyl carbamates (subject to hydrolysis) is 1. The van der Waals surface area contributed by atoms with Gasteiger partial charge in [-0.15, -0.1) is 0 Å². The summed E-state index contributed by atoms with van der Waals surface area (Å²) in [6, 6.07) is 13.6. The van der Waals surface area contributed by atoms with E-state index in [1.165, 1.54) is 0 Å². The Morgan fingerprint density at radius 3 is 2.11 bits per heavy atom. The fraction of sp³-hybridized carbons (Fsp3) is 0.429. The number of amidine groups is 1. The third-order valence-electron chi connectivity index (χ3n) is 6.22. The van der Waals surface area contributed by atoms with Crippen LogP contribution in [0.1, 0.15) is 49.9 Å². The van der Waals surface area contributed by atoms with Crippen LogP contribution in [0.4, 0.5) is 4.79 Å². The number of fused-ring (bicyclic) bond motifs is 1. The van der Waals surface area contributed by atoms with Crippen LogP contribution in [-0.4, -0.2) is 48.5 Å². The molecule has 3 rings (SSSR count). The van der Waals surface area contributed by atoms with Gasteiger partial charge < -0.3 is 26.0 Å². The molecule has 0 aromatic heterocycles. The molecule has 9 nitrogen and oxygen atoms in total. The lowest BCUT2D eigenvalue weighted by atomic mass is 9.95. The van der Waals surface area contributed by atoms with Crippen molar-refractivity contribution in [3.8, 4) is 0 Å². The van der Waals surface area contributed by atoms with Crippen LogP contribution in [0.15, 0.2) is 48.5 Å². The first kappa shape index (κ1) is 27.7. The van der Waals surface area contributed by atoms with E-state index >= 15 is 0 Å². The van der Waals surface area contributed by atoms with Gasteiger partial charge in [0.15, 0.2) is 0 Å². The summed E-state index contributed by atoms with van der Waals surface area (Å²) < 4.78 is 5.40. The van der Waals surface area contributed by atoms with Crippen LogP contribution in [0.5, 0.6) is 0 Å². The molecule has 0 saturated heterocycles. The smallest absolute Gasteiger partial charge is 0.408 e. The van der Waals surface area contributed by atoms with E-state index in [1.807, 2.05) is 36.4 Å². The van der Waals surface area contributed by atoms with Crippen LogP contribution < -0.4 is 21.3 Å². The predicted octanol–water partition coefficient (Wildman–Crippen LogP) is 2.66. The number of amides is 3. The molecule has 3 amide bonds. The highest BCUT2D eigenvalue weighted by atomic mass is 16.6. The minimum Gasteiger partial charge on any atom is -0.444 e. The largest absolute Gasteiger partial charge is 0.444 e. The Bertz CT molecular complexity index is 1120. The zero-order chi connectivity index (χ0) is 27.2. The van der Waals surface area contributed by atoms with E-state index in [2.05, 4.69) is 21.3 Å². The van der Waals surface area contributed by atoms with Crippen molar-refractivity contribution in [2.75, 3.05) is 7.05 Å². The predicted molar refractivity (Wildman–Crippen MR) is 142 cm³/mol. The van der Waals surface area contributed by atoms with Crippen LogP contribution >= 0.6 is 0 Å². The highest BCUT2D eigenvalue weighted by Crippen LogP contribution is 2.29. The standard InChI is InChI=1S/C28H37N5O4/c1-17(25(34)31-16-18-10-12-19(13-11-18)24(29)30-5)32-26(35)23(33-27(36)37-28(2,3)4)22-14-20-8-6-7-9-21(20)15-22/h6-13,17,22-23H,14-16H2,1-5H3,(H2,29,30)(H,31,34)(H,32,35)(H,33,36)/t17-,23+/m0/s1. The van der Waals surface area contributed by atoms with Crippen molar-refractivity contribution in [3.05, 3.63) is 70.8 Å². The number of ether oxygens (including phenoxy) is 1. The molecule has 2 atom stereocenters. The zero-order valence-corrected chi connectivity index (χ0v) is 22.1. The van der Waals surface area contributed by atoms with Crippen molar-refractivity contribution in [2.45, 2.75) is 64.8 Å². The van der Waals surface area contributed by atoms with Gasteiger partial charge in [0.2, 0.25) is 11.8 Å². The number of hydrogen-bond donors (Lipinski definition) is 5. The lowest BCUT2D eigenvalue weighted by Gasteiger charge is -2.27. The molecule has 2 aromatic rings. The fourth-order valence-corrected chi connectivity index (χ4v) is 4.31. The quantitative estimate of drug-likeness (QED) is 0.277. The van der Waals surface area contributed by atoms with Crippen molar-refractivity contribution in [2.24, 2.45) is 5.92 Å². The first-order valence-corrected chi connectivity index (χ1v) is 12.5. The van der Waals surface area contributed by atoms with Gasteiger partial charge in [-0.1, -0.05) is 48.5 Å². The molecule has 2 aromatic carbocycles. The Morgan fingerprint density at radius 1 is 0.973 bits per heavy atom. The molecule has 0 fully saturated rings. The summed E-state index contributed by atoms with van der Waals surface area (Å²) in [4.78, 5) is 38.6. The van der Waals surface area contributed by atoms with E-state index in [4.69, 9.17) is 10.1 Å². The normalized spacial score (nSPS) is 14.6. The lowest BCUT2D eigenvalue weighted by Crippen LogP contribution is -2.56. The Labute approximate surface area is 218 Å². The molecule has 9 heteroatoms. The van der Waals surface area contributed by atoms with Gasteiger partial charge in [0.05, 0.1) is 0 Å². The maximum Gasteiger partial charge on any atom is 0.408 e.